The molecule has 19 heavy (non-hydrogen) atoms. The van der Waals surface area contributed by atoms with Gasteiger partial charge in [0.1, 0.15) is 5.01 Å². The van der Waals surface area contributed by atoms with E-state index in [2.05, 4.69) is 32.6 Å². The van der Waals surface area contributed by atoms with E-state index in [1.165, 1.54) is 0 Å². The Morgan fingerprint density at radius 1 is 1.42 bits per heavy atom. The van der Waals surface area contributed by atoms with Gasteiger partial charge in [-0.1, -0.05) is 23.5 Å². The van der Waals surface area contributed by atoms with Crippen LogP contribution >= 0.6 is 11.3 Å². The molecule has 1 N–H and O–H groups in total. The second-order valence-electron chi connectivity index (χ2n) is 5.20. The van der Waals surface area contributed by atoms with Crippen LogP contribution in [0.2, 0.25) is 0 Å². The van der Waals surface area contributed by atoms with E-state index in [0.29, 0.717) is 0 Å². The van der Waals surface area contributed by atoms with E-state index in [9.17, 15) is 4.79 Å². The highest BCUT2D eigenvalue weighted by atomic mass is 32.1. The van der Waals surface area contributed by atoms with Gasteiger partial charge >= 0.3 is 0 Å². The van der Waals surface area contributed by atoms with Gasteiger partial charge in [0.2, 0.25) is 11.0 Å². The van der Waals surface area contributed by atoms with Gasteiger partial charge in [0.05, 0.1) is 6.04 Å². The zero-order valence-electron chi connectivity index (χ0n) is 11.0. The van der Waals surface area contributed by atoms with Crippen LogP contribution in [0.25, 0.3) is 0 Å². The maximum Gasteiger partial charge on any atom is 0.223 e. The summed E-state index contributed by atoms with van der Waals surface area (Å²) < 4.78 is 0. The maximum absolute atomic E-state index is 12.1. The van der Waals surface area contributed by atoms with Crippen LogP contribution in [0.5, 0.6) is 0 Å². The predicted octanol–water partition coefficient (Wildman–Crippen LogP) is 1.51. The number of anilines is 1. The number of hydrogen-bond donors (Lipinski definition) is 1. The van der Waals surface area contributed by atoms with E-state index in [0.717, 1.165) is 42.5 Å². The summed E-state index contributed by atoms with van der Waals surface area (Å²) in [5.41, 5.74) is 0. The minimum Gasteiger partial charge on any atom is -0.350 e. The van der Waals surface area contributed by atoms with Crippen LogP contribution in [0.4, 0.5) is 5.13 Å². The Morgan fingerprint density at radius 3 is 2.89 bits per heavy atom. The Bertz CT molecular complexity index is 493. The Balaban J connectivity index is 1.46. The van der Waals surface area contributed by atoms with Crippen molar-refractivity contribution in [2.24, 2.45) is 5.92 Å². The number of aromatic nitrogens is 2. The van der Waals surface area contributed by atoms with Gasteiger partial charge < -0.3 is 10.2 Å². The third-order valence-electron chi connectivity index (χ3n) is 3.65. The molecule has 1 aromatic rings. The summed E-state index contributed by atoms with van der Waals surface area (Å²) in [5.74, 6) is 0.380. The fourth-order valence-corrected chi connectivity index (χ4v) is 3.20. The van der Waals surface area contributed by atoms with Crippen LogP contribution in [0.1, 0.15) is 24.3 Å². The molecule has 1 aromatic heterocycles. The number of aryl methyl sites for hydroxylation is 1. The molecule has 0 bridgehead atoms. The highest BCUT2D eigenvalue weighted by Crippen LogP contribution is 2.25. The van der Waals surface area contributed by atoms with Gasteiger partial charge in [-0.25, -0.2) is 0 Å². The van der Waals surface area contributed by atoms with Gasteiger partial charge in [0.15, 0.2) is 0 Å². The molecule has 3 rings (SSSR count). The fourth-order valence-electron chi connectivity index (χ4n) is 2.49. The molecule has 1 saturated heterocycles. The first kappa shape index (κ1) is 12.6. The smallest absolute Gasteiger partial charge is 0.223 e. The third kappa shape index (κ3) is 2.78. The van der Waals surface area contributed by atoms with Gasteiger partial charge in [0, 0.05) is 19.0 Å². The number of nitrogens with zero attached hydrogens (tertiary/aromatic N) is 3. The van der Waals surface area contributed by atoms with E-state index in [1.807, 2.05) is 6.92 Å². The summed E-state index contributed by atoms with van der Waals surface area (Å²) in [6.07, 6.45) is 7.17. The first-order chi connectivity index (χ1) is 9.22. The third-order valence-corrected chi connectivity index (χ3v) is 4.55. The minimum atomic E-state index is 0.169. The second kappa shape index (κ2) is 5.28. The summed E-state index contributed by atoms with van der Waals surface area (Å²) in [6, 6.07) is 0.266. The average Bonchev–Trinajstić information content (AvgIpc) is 2.80. The number of amides is 1. The molecule has 1 atom stereocenters. The van der Waals surface area contributed by atoms with Crippen molar-refractivity contribution in [3.05, 3.63) is 17.2 Å². The van der Waals surface area contributed by atoms with Gasteiger partial charge in [-0.3, -0.25) is 4.79 Å². The summed E-state index contributed by atoms with van der Waals surface area (Å²) in [6.45, 7) is 3.66. The first-order valence-electron chi connectivity index (χ1n) is 6.73. The van der Waals surface area contributed by atoms with Crippen molar-refractivity contribution >= 4 is 22.4 Å². The molecule has 5 nitrogen and oxygen atoms in total. The Kier molecular flexibility index (Phi) is 3.50. The van der Waals surface area contributed by atoms with Gasteiger partial charge in [-0.05, 0) is 26.2 Å². The number of allylic oxidation sites excluding steroid dienone is 2. The summed E-state index contributed by atoms with van der Waals surface area (Å²) >= 11 is 1.60. The number of nitrogens with one attached hydrogen (secondary N) is 1. The van der Waals surface area contributed by atoms with Crippen molar-refractivity contribution in [3.8, 4) is 0 Å². The SMILES string of the molecule is Cc1nnc(N2CC(NC(=O)C3CC=CCC3)C2)s1. The molecule has 1 aliphatic carbocycles. The lowest BCUT2D eigenvalue weighted by molar-refractivity contribution is -0.126. The molecule has 0 radical (unpaired) electrons. The van der Waals surface area contributed by atoms with Crippen LogP contribution < -0.4 is 10.2 Å². The maximum atomic E-state index is 12.1. The zero-order valence-corrected chi connectivity index (χ0v) is 11.8. The molecule has 1 unspecified atom stereocenters. The normalized spacial score (nSPS) is 23.2. The van der Waals surface area contributed by atoms with Crippen LogP contribution in [-0.4, -0.2) is 35.2 Å². The molecule has 0 saturated carbocycles. The molecule has 6 heteroatoms. The van der Waals surface area contributed by atoms with E-state index < -0.39 is 0 Å². The van der Waals surface area contributed by atoms with Crippen molar-refractivity contribution < 1.29 is 4.79 Å². The Labute approximate surface area is 116 Å². The molecule has 102 valence electrons. The summed E-state index contributed by atoms with van der Waals surface area (Å²) in [7, 11) is 0. The highest BCUT2D eigenvalue weighted by Gasteiger charge is 2.31. The standard InChI is InChI=1S/C13H18N4OS/c1-9-15-16-13(19-9)17-7-11(8-17)14-12(18)10-5-3-2-4-6-10/h2-3,10-11H,4-8H2,1H3,(H,14,18). The van der Waals surface area contributed by atoms with E-state index in [4.69, 9.17) is 0 Å². The monoisotopic (exact) mass is 278 g/mol. The molecule has 2 heterocycles. The van der Waals surface area contributed by atoms with Gasteiger partial charge in [0.25, 0.3) is 0 Å². The van der Waals surface area contributed by atoms with Gasteiger partial charge in [-0.2, -0.15) is 0 Å². The number of rotatable bonds is 3. The van der Waals surface area contributed by atoms with E-state index in [-0.39, 0.29) is 17.9 Å². The topological polar surface area (TPSA) is 58.1 Å². The molecule has 1 fully saturated rings. The first-order valence-corrected chi connectivity index (χ1v) is 7.54. The average molecular weight is 278 g/mol. The van der Waals surface area contributed by atoms with Crippen LogP contribution in [0.15, 0.2) is 12.2 Å². The molecule has 2 aliphatic rings. The largest absolute Gasteiger partial charge is 0.350 e. The minimum absolute atomic E-state index is 0.169. The number of carbonyl (C=O) groups is 1. The van der Waals surface area contributed by atoms with Crippen molar-refractivity contribution in [2.45, 2.75) is 32.2 Å². The van der Waals surface area contributed by atoms with Crippen LogP contribution in [0.3, 0.4) is 0 Å². The summed E-state index contributed by atoms with van der Waals surface area (Å²) in [4.78, 5) is 14.2. The molecular weight excluding hydrogens is 260 g/mol. The van der Waals surface area contributed by atoms with E-state index in [1.54, 1.807) is 11.3 Å². The van der Waals surface area contributed by atoms with Crippen molar-refractivity contribution in [1.29, 1.82) is 0 Å². The lowest BCUT2D eigenvalue weighted by atomic mass is 9.93. The van der Waals surface area contributed by atoms with Crippen LogP contribution in [-0.2, 0) is 4.79 Å². The quantitative estimate of drug-likeness (QED) is 0.851. The number of carbonyl (C=O) groups excluding carboxylic acids is 1. The summed E-state index contributed by atoms with van der Waals surface area (Å²) in [5, 5.41) is 13.2. The molecular formula is C13H18N4OS. The Morgan fingerprint density at radius 2 is 2.26 bits per heavy atom. The van der Waals surface area contributed by atoms with Crippen molar-refractivity contribution in [2.75, 3.05) is 18.0 Å². The van der Waals surface area contributed by atoms with E-state index >= 15 is 0 Å². The second-order valence-corrected chi connectivity index (χ2v) is 6.36. The van der Waals surface area contributed by atoms with Crippen molar-refractivity contribution in [3.63, 3.8) is 0 Å². The fraction of sp³-hybridized carbons (Fsp3) is 0.615. The molecule has 0 aromatic carbocycles. The zero-order chi connectivity index (χ0) is 13.2. The lowest BCUT2D eigenvalue weighted by Crippen LogP contribution is -2.60. The highest BCUT2D eigenvalue weighted by molar-refractivity contribution is 7.15. The Hall–Kier alpha value is -1.43. The predicted molar refractivity (Wildman–Crippen MR) is 75.3 cm³/mol. The molecule has 1 aliphatic heterocycles. The van der Waals surface area contributed by atoms with Gasteiger partial charge in [-0.15, -0.1) is 10.2 Å². The number of hydrogen-bond acceptors (Lipinski definition) is 5. The molecule has 1 amide bonds. The van der Waals surface area contributed by atoms with Crippen molar-refractivity contribution in [1.82, 2.24) is 15.5 Å². The lowest BCUT2D eigenvalue weighted by Gasteiger charge is -2.39. The van der Waals surface area contributed by atoms with Crippen LogP contribution in [0, 0.1) is 12.8 Å². The molecule has 0 spiro atoms.